The van der Waals surface area contributed by atoms with E-state index in [0.29, 0.717) is 5.41 Å². The topological polar surface area (TPSA) is 21.3 Å². The van der Waals surface area contributed by atoms with Crippen LogP contribution in [-0.2, 0) is 16.2 Å². The molecule has 0 atom stereocenters. The molecule has 10 aromatic rings. The minimum atomic E-state index is -0.0472. The number of hydrogen-bond acceptors (Lipinski definition) is 2. The fraction of sp³-hybridized carbons (Fsp3) is 0.352. The smallest absolute Gasteiger partial charge is 0.333 e. The van der Waals surface area contributed by atoms with Gasteiger partial charge in [-0.3, -0.25) is 0 Å². The first-order valence-corrected chi connectivity index (χ1v) is 29.2. The molecule has 0 saturated heterocycles. The monoisotopic (exact) mass is 973 g/mol. The fourth-order valence-corrected chi connectivity index (χ4v) is 19.5. The zero-order valence-corrected chi connectivity index (χ0v) is 44.1. The summed E-state index contributed by atoms with van der Waals surface area (Å²) >= 11 is 0. The molecule has 8 aromatic carbocycles. The third kappa shape index (κ3) is 5.85. The van der Waals surface area contributed by atoms with Crippen LogP contribution in [0.15, 0.2) is 144 Å². The van der Waals surface area contributed by atoms with Gasteiger partial charge in [-0.05, 0) is 245 Å². The summed E-state index contributed by atoms with van der Waals surface area (Å²) < 4.78 is 9.94. The van der Waals surface area contributed by atoms with E-state index in [1.165, 1.54) is 182 Å². The molecule has 0 amide bonds. The van der Waals surface area contributed by atoms with Crippen LogP contribution in [0.5, 0.6) is 0 Å². The van der Waals surface area contributed by atoms with Gasteiger partial charge in [0.25, 0.3) is 0 Å². The first-order chi connectivity index (χ1) is 36.5. The van der Waals surface area contributed by atoms with Crippen molar-refractivity contribution in [3.63, 3.8) is 0 Å². The molecule has 3 nitrogen and oxygen atoms in total. The normalized spacial score (nSPS) is 27.7. The summed E-state index contributed by atoms with van der Waals surface area (Å²) in [4.78, 5) is 2.66. The van der Waals surface area contributed by atoms with Crippen LogP contribution in [0, 0.1) is 42.4 Å². The second-order valence-corrected chi connectivity index (χ2v) is 27.5. The van der Waals surface area contributed by atoms with Crippen LogP contribution in [0.2, 0.25) is 0 Å². The first kappa shape index (κ1) is 42.7. The number of nitrogens with zero attached hydrogens (tertiary/aromatic N) is 2. The van der Waals surface area contributed by atoms with Gasteiger partial charge in [-0.1, -0.05) is 99.6 Å². The Hall–Kier alpha value is -6.52. The maximum atomic E-state index is 7.07. The molecule has 0 N–H and O–H groups in total. The predicted octanol–water partition coefficient (Wildman–Crippen LogP) is 17.5. The number of aryl methyl sites for hydroxylation is 1. The fourth-order valence-electron chi connectivity index (χ4n) is 19.5. The van der Waals surface area contributed by atoms with Crippen molar-refractivity contribution in [1.29, 1.82) is 0 Å². The van der Waals surface area contributed by atoms with Gasteiger partial charge >= 0.3 is 6.85 Å². The highest BCUT2D eigenvalue weighted by Gasteiger charge is 2.54. The van der Waals surface area contributed by atoms with E-state index in [4.69, 9.17) is 4.42 Å². The van der Waals surface area contributed by atoms with E-state index < -0.39 is 0 Å². The predicted molar refractivity (Wildman–Crippen MR) is 313 cm³/mol. The molecular weight excluding hydrogens is 908 g/mol. The molecule has 0 unspecified atom stereocenters. The van der Waals surface area contributed by atoms with E-state index in [-0.39, 0.29) is 17.7 Å². The Morgan fingerprint density at radius 3 is 1.79 bits per heavy atom. The number of furan rings is 1. The van der Waals surface area contributed by atoms with E-state index in [9.17, 15) is 0 Å². The quantitative estimate of drug-likeness (QED) is 0.164. The van der Waals surface area contributed by atoms with Crippen LogP contribution in [0.3, 0.4) is 0 Å². The summed E-state index contributed by atoms with van der Waals surface area (Å²) in [5.74, 6) is 5.36. The molecule has 0 radical (unpaired) electrons. The van der Waals surface area contributed by atoms with Gasteiger partial charge < -0.3 is 13.8 Å². The van der Waals surface area contributed by atoms with Crippen LogP contribution in [-0.4, -0.2) is 11.3 Å². The van der Waals surface area contributed by atoms with E-state index in [1.807, 2.05) is 0 Å². The van der Waals surface area contributed by atoms with Crippen molar-refractivity contribution >= 4 is 89.4 Å². The summed E-state index contributed by atoms with van der Waals surface area (Å²) in [6.07, 6.45) is 17.1. The lowest BCUT2D eigenvalue weighted by Gasteiger charge is -2.57. The number of fused-ring (bicyclic) bond motifs is 11. The SMILES string of the molecule is Cc1cc2c3c(c1)N(c1ccc(C(C)(C)C)cc1-c1ccccc1)c1cc4oc5cc6ccccc6cc5c4cc1B3n1c3ccc(C45CC6CC(CC(C6)C4)C5)cc3c3cc(C45CC6CC(CC(C6)C4)C5)cc-2c31. The Morgan fingerprint density at radius 1 is 0.493 bits per heavy atom. The zero-order chi connectivity index (χ0) is 49.4. The largest absolute Gasteiger partial charge is 0.456 e. The highest BCUT2D eigenvalue weighted by atomic mass is 16.3. The van der Waals surface area contributed by atoms with E-state index >= 15 is 0 Å². The highest BCUT2D eigenvalue weighted by molar-refractivity contribution is 6.90. The zero-order valence-electron chi connectivity index (χ0n) is 44.1. The molecule has 20 rings (SSSR count). The lowest BCUT2D eigenvalue weighted by Crippen LogP contribution is -2.56. The van der Waals surface area contributed by atoms with Gasteiger partial charge in [0, 0.05) is 61.1 Å². The number of aromatic nitrogens is 1. The molecule has 10 aliphatic rings. The number of rotatable bonds is 4. The van der Waals surface area contributed by atoms with Gasteiger partial charge in [-0.25, -0.2) is 0 Å². The van der Waals surface area contributed by atoms with E-state index in [1.54, 1.807) is 11.1 Å². The summed E-state index contributed by atoms with van der Waals surface area (Å²) in [5.41, 5.74) is 23.1. The minimum Gasteiger partial charge on any atom is -0.456 e. The molecule has 2 aromatic heterocycles. The molecule has 8 fully saturated rings. The Labute approximate surface area is 441 Å². The van der Waals surface area contributed by atoms with Crippen molar-refractivity contribution in [2.75, 3.05) is 4.90 Å². The van der Waals surface area contributed by atoms with Gasteiger partial charge in [0.1, 0.15) is 11.2 Å². The van der Waals surface area contributed by atoms with Crippen molar-refractivity contribution in [2.45, 2.75) is 121 Å². The second kappa shape index (κ2) is 14.5. The molecule has 4 heterocycles. The van der Waals surface area contributed by atoms with Gasteiger partial charge in [0.15, 0.2) is 0 Å². The van der Waals surface area contributed by atoms with Gasteiger partial charge in [0.05, 0.1) is 5.69 Å². The van der Waals surface area contributed by atoms with Crippen LogP contribution in [0.25, 0.3) is 76.8 Å². The molecule has 8 bridgehead atoms. The third-order valence-corrected chi connectivity index (χ3v) is 21.8. The first-order valence-electron chi connectivity index (χ1n) is 29.2. The van der Waals surface area contributed by atoms with Gasteiger partial charge in [0.2, 0.25) is 0 Å². The summed E-state index contributed by atoms with van der Waals surface area (Å²) in [7, 11) is 0. The molecule has 368 valence electrons. The average molecular weight is 973 g/mol. The van der Waals surface area contributed by atoms with Crippen LogP contribution in [0.1, 0.15) is 120 Å². The van der Waals surface area contributed by atoms with E-state index in [2.05, 4.69) is 177 Å². The highest BCUT2D eigenvalue weighted by Crippen LogP contribution is 2.64. The Morgan fingerprint density at radius 2 is 1.11 bits per heavy atom. The standard InChI is InChI=1S/C71H65BN2O/c1-40-18-57-59-31-52(71-37-44-23-45(38-71)25-46(24-44)39-71)30-58-54-29-51(70-34-41-20-42(35-70)22-43(21-41)36-70)15-17-62(54)74(68(58)59)72-60-32-56-55-26-48-12-8-9-13-49(48)27-65(55)75-66(56)33-63(60)73(64(19-40)67(57)72)61-16-14-50(69(2,3)4)28-53(61)47-10-6-5-7-11-47/h5-19,26-33,41-46H,20-25,34-39H2,1-4H3. The molecule has 8 saturated carbocycles. The van der Waals surface area contributed by atoms with Crippen molar-refractivity contribution in [3.8, 4) is 22.3 Å². The molecule has 4 heteroatoms. The lowest BCUT2D eigenvalue weighted by molar-refractivity contribution is -0.00527. The number of hydrogen-bond donors (Lipinski definition) is 0. The summed E-state index contributed by atoms with van der Waals surface area (Å²) in [5, 5.41) is 7.83. The lowest BCUT2D eigenvalue weighted by atomic mass is 9.44. The van der Waals surface area contributed by atoms with Gasteiger partial charge in [-0.15, -0.1) is 0 Å². The maximum absolute atomic E-state index is 7.07. The third-order valence-electron chi connectivity index (χ3n) is 21.8. The molecule has 0 spiro atoms. The Balaban J connectivity index is 0.958. The molecule has 2 aliphatic heterocycles. The maximum Gasteiger partial charge on any atom is 0.333 e. The Bertz CT molecular complexity index is 4090. The second-order valence-electron chi connectivity index (χ2n) is 27.5. The Kier molecular flexibility index (Phi) is 8.25. The minimum absolute atomic E-state index is 0.0199. The number of benzene rings is 8. The van der Waals surface area contributed by atoms with Crippen molar-refractivity contribution in [1.82, 2.24) is 4.48 Å². The molecular formula is C71H65BN2O. The van der Waals surface area contributed by atoms with Crippen LogP contribution < -0.4 is 15.8 Å². The van der Waals surface area contributed by atoms with E-state index in [0.717, 1.165) is 46.7 Å². The van der Waals surface area contributed by atoms with Crippen LogP contribution >= 0.6 is 0 Å². The van der Waals surface area contributed by atoms with Crippen molar-refractivity contribution < 1.29 is 4.42 Å². The molecule has 8 aliphatic carbocycles. The summed E-state index contributed by atoms with van der Waals surface area (Å²) in [6, 6.07) is 55.6. The van der Waals surface area contributed by atoms with Crippen LogP contribution in [0.4, 0.5) is 17.1 Å². The summed E-state index contributed by atoms with van der Waals surface area (Å²) in [6.45, 7) is 9.35. The number of anilines is 3. The van der Waals surface area contributed by atoms with Crippen molar-refractivity contribution in [3.05, 3.63) is 162 Å². The van der Waals surface area contributed by atoms with Gasteiger partial charge in [-0.2, -0.15) is 0 Å². The molecule has 75 heavy (non-hydrogen) atoms. The van der Waals surface area contributed by atoms with Crippen molar-refractivity contribution in [2.24, 2.45) is 35.5 Å². The average Bonchev–Trinajstić information content (AvgIpc) is 4.12.